The molecular formula is C16H19N3O3. The molecule has 0 fully saturated rings. The number of rotatable bonds is 4. The van der Waals surface area contributed by atoms with Crippen LogP contribution in [0.4, 0.5) is 11.4 Å². The van der Waals surface area contributed by atoms with Gasteiger partial charge in [-0.25, -0.2) is 0 Å². The number of benzene rings is 1. The lowest BCUT2D eigenvalue weighted by Crippen LogP contribution is -2.31. The van der Waals surface area contributed by atoms with Crippen LogP contribution in [0.1, 0.15) is 20.8 Å². The van der Waals surface area contributed by atoms with Gasteiger partial charge in [-0.3, -0.25) is 19.3 Å². The number of carbonyl (C=O) groups is 3. The standard InChI is InChI=1S/C16H19N3O3/c1-10(2)16(22)18-13-6-4-12(5-7-13)17-14-8-15(21)19(9-14)11(3)20/h4-8,10,17H,9H2,1-3H3,(H,18,22). The smallest absolute Gasteiger partial charge is 0.255 e. The van der Waals surface area contributed by atoms with Crippen molar-refractivity contribution in [3.63, 3.8) is 0 Å². The van der Waals surface area contributed by atoms with Crippen molar-refractivity contribution in [1.29, 1.82) is 0 Å². The van der Waals surface area contributed by atoms with Crippen molar-refractivity contribution < 1.29 is 14.4 Å². The van der Waals surface area contributed by atoms with E-state index >= 15 is 0 Å². The van der Waals surface area contributed by atoms with E-state index in [1.165, 1.54) is 17.9 Å². The quantitative estimate of drug-likeness (QED) is 0.891. The second-order valence-corrected chi connectivity index (χ2v) is 5.46. The Hall–Kier alpha value is -2.63. The average Bonchev–Trinajstić information content (AvgIpc) is 2.81. The molecule has 6 heteroatoms. The van der Waals surface area contributed by atoms with Gasteiger partial charge in [0, 0.05) is 36.0 Å². The van der Waals surface area contributed by atoms with Gasteiger partial charge < -0.3 is 10.6 Å². The Kier molecular flexibility index (Phi) is 4.60. The van der Waals surface area contributed by atoms with Crippen molar-refractivity contribution in [2.75, 3.05) is 17.2 Å². The van der Waals surface area contributed by atoms with Crippen molar-refractivity contribution >= 4 is 29.1 Å². The topological polar surface area (TPSA) is 78.5 Å². The molecule has 1 aliphatic rings. The summed E-state index contributed by atoms with van der Waals surface area (Å²) in [7, 11) is 0. The summed E-state index contributed by atoms with van der Waals surface area (Å²) in [6.07, 6.45) is 1.41. The highest BCUT2D eigenvalue weighted by molar-refractivity contribution is 6.03. The maximum Gasteiger partial charge on any atom is 0.255 e. The third kappa shape index (κ3) is 3.72. The summed E-state index contributed by atoms with van der Waals surface area (Å²) in [5.41, 5.74) is 2.16. The van der Waals surface area contributed by atoms with E-state index in [1.807, 2.05) is 13.8 Å². The molecule has 116 valence electrons. The van der Waals surface area contributed by atoms with Crippen LogP contribution in [0.2, 0.25) is 0 Å². The number of nitrogens with one attached hydrogen (secondary N) is 2. The molecule has 6 nitrogen and oxygen atoms in total. The van der Waals surface area contributed by atoms with E-state index in [9.17, 15) is 14.4 Å². The van der Waals surface area contributed by atoms with Crippen LogP contribution in [0.5, 0.6) is 0 Å². The zero-order valence-electron chi connectivity index (χ0n) is 12.8. The highest BCUT2D eigenvalue weighted by Gasteiger charge is 2.24. The van der Waals surface area contributed by atoms with E-state index < -0.39 is 0 Å². The molecule has 2 rings (SSSR count). The number of amides is 3. The Balaban J connectivity index is 1.98. The van der Waals surface area contributed by atoms with Gasteiger partial charge in [0.25, 0.3) is 5.91 Å². The third-order valence-corrected chi connectivity index (χ3v) is 3.25. The summed E-state index contributed by atoms with van der Waals surface area (Å²) in [5.74, 6) is -0.701. The minimum atomic E-state index is -0.309. The van der Waals surface area contributed by atoms with Gasteiger partial charge in [0.2, 0.25) is 11.8 Å². The highest BCUT2D eigenvalue weighted by atomic mass is 16.2. The molecule has 3 amide bonds. The Morgan fingerprint density at radius 2 is 1.73 bits per heavy atom. The lowest BCUT2D eigenvalue weighted by Gasteiger charge is -2.13. The largest absolute Gasteiger partial charge is 0.357 e. The minimum Gasteiger partial charge on any atom is -0.357 e. The molecule has 2 N–H and O–H groups in total. The Morgan fingerprint density at radius 1 is 1.14 bits per heavy atom. The molecule has 0 radical (unpaired) electrons. The third-order valence-electron chi connectivity index (χ3n) is 3.25. The number of anilines is 2. The molecule has 22 heavy (non-hydrogen) atoms. The molecule has 0 bridgehead atoms. The van der Waals surface area contributed by atoms with Crippen LogP contribution < -0.4 is 10.6 Å². The SMILES string of the molecule is CC(=O)N1CC(Nc2ccc(NC(=O)C(C)C)cc2)=CC1=O. The minimum absolute atomic E-state index is 0.0399. The maximum atomic E-state index is 11.6. The van der Waals surface area contributed by atoms with Gasteiger partial charge in [-0.1, -0.05) is 13.8 Å². The summed E-state index contributed by atoms with van der Waals surface area (Å²) >= 11 is 0. The van der Waals surface area contributed by atoms with Crippen LogP contribution in [0.15, 0.2) is 36.0 Å². The highest BCUT2D eigenvalue weighted by Crippen LogP contribution is 2.18. The average molecular weight is 301 g/mol. The Bertz CT molecular complexity index is 633. The predicted molar refractivity (Wildman–Crippen MR) is 84.0 cm³/mol. The summed E-state index contributed by atoms with van der Waals surface area (Å²) in [6, 6.07) is 7.17. The van der Waals surface area contributed by atoms with Gasteiger partial charge in [-0.05, 0) is 24.3 Å². The summed E-state index contributed by atoms with van der Waals surface area (Å²) < 4.78 is 0. The number of imide groups is 1. The molecular weight excluding hydrogens is 282 g/mol. The molecule has 0 saturated heterocycles. The fourth-order valence-electron chi connectivity index (χ4n) is 1.97. The molecule has 1 aliphatic heterocycles. The van der Waals surface area contributed by atoms with E-state index in [0.717, 1.165) is 5.69 Å². The van der Waals surface area contributed by atoms with Crippen LogP contribution in [0.3, 0.4) is 0 Å². The summed E-state index contributed by atoms with van der Waals surface area (Å²) in [5, 5.41) is 5.90. The van der Waals surface area contributed by atoms with Crippen LogP contribution in [-0.2, 0) is 14.4 Å². The van der Waals surface area contributed by atoms with Crippen molar-refractivity contribution in [2.45, 2.75) is 20.8 Å². The zero-order valence-corrected chi connectivity index (χ0v) is 12.8. The van der Waals surface area contributed by atoms with Gasteiger partial charge in [-0.15, -0.1) is 0 Å². The number of carbonyl (C=O) groups excluding carboxylic acids is 3. The number of nitrogens with zero attached hydrogens (tertiary/aromatic N) is 1. The maximum absolute atomic E-state index is 11.6. The molecule has 0 aliphatic carbocycles. The molecule has 1 aromatic rings. The lowest BCUT2D eigenvalue weighted by molar-refractivity contribution is -0.138. The van der Waals surface area contributed by atoms with E-state index in [1.54, 1.807) is 24.3 Å². The van der Waals surface area contributed by atoms with Crippen molar-refractivity contribution in [3.05, 3.63) is 36.0 Å². The summed E-state index contributed by atoms with van der Waals surface area (Å²) in [6.45, 7) is 5.27. The molecule has 0 atom stereocenters. The molecule has 0 unspecified atom stereocenters. The Labute approximate surface area is 129 Å². The van der Waals surface area contributed by atoms with Crippen LogP contribution in [-0.4, -0.2) is 29.2 Å². The van der Waals surface area contributed by atoms with E-state index in [4.69, 9.17) is 0 Å². The van der Waals surface area contributed by atoms with Crippen molar-refractivity contribution in [1.82, 2.24) is 4.90 Å². The van der Waals surface area contributed by atoms with Crippen molar-refractivity contribution in [2.24, 2.45) is 5.92 Å². The fraction of sp³-hybridized carbons (Fsp3) is 0.312. The Morgan fingerprint density at radius 3 is 2.23 bits per heavy atom. The number of hydrogen-bond donors (Lipinski definition) is 2. The monoisotopic (exact) mass is 301 g/mol. The van der Waals surface area contributed by atoms with Gasteiger partial charge >= 0.3 is 0 Å². The first-order valence-electron chi connectivity index (χ1n) is 7.07. The van der Waals surface area contributed by atoms with Gasteiger partial charge in [-0.2, -0.15) is 0 Å². The van der Waals surface area contributed by atoms with Crippen LogP contribution in [0, 0.1) is 5.92 Å². The van der Waals surface area contributed by atoms with E-state index in [-0.39, 0.29) is 30.2 Å². The molecule has 1 heterocycles. The van der Waals surface area contributed by atoms with Crippen LogP contribution in [0.25, 0.3) is 0 Å². The molecule has 1 aromatic carbocycles. The molecule has 0 saturated carbocycles. The van der Waals surface area contributed by atoms with Crippen molar-refractivity contribution in [3.8, 4) is 0 Å². The fourth-order valence-corrected chi connectivity index (χ4v) is 1.97. The number of hydrogen-bond acceptors (Lipinski definition) is 4. The molecule has 0 aromatic heterocycles. The zero-order chi connectivity index (χ0) is 16.3. The van der Waals surface area contributed by atoms with E-state index in [0.29, 0.717) is 11.4 Å². The first-order valence-corrected chi connectivity index (χ1v) is 7.07. The van der Waals surface area contributed by atoms with Crippen LogP contribution >= 0.6 is 0 Å². The predicted octanol–water partition coefficient (Wildman–Crippen LogP) is 1.97. The molecule has 0 spiro atoms. The first kappa shape index (κ1) is 15.8. The second-order valence-electron chi connectivity index (χ2n) is 5.46. The van der Waals surface area contributed by atoms with Gasteiger partial charge in [0.15, 0.2) is 0 Å². The second kappa shape index (κ2) is 6.43. The lowest BCUT2D eigenvalue weighted by atomic mass is 10.2. The van der Waals surface area contributed by atoms with Gasteiger partial charge in [0.1, 0.15) is 0 Å². The van der Waals surface area contributed by atoms with Gasteiger partial charge in [0.05, 0.1) is 6.54 Å². The first-order chi connectivity index (χ1) is 10.4. The van der Waals surface area contributed by atoms with E-state index in [2.05, 4.69) is 10.6 Å². The summed E-state index contributed by atoms with van der Waals surface area (Å²) in [4.78, 5) is 35.6. The normalized spacial score (nSPS) is 14.1.